The van der Waals surface area contributed by atoms with E-state index in [0.717, 1.165) is 0 Å². The van der Waals surface area contributed by atoms with Gasteiger partial charge in [0, 0.05) is 13.5 Å². The second-order valence-corrected chi connectivity index (χ2v) is 6.54. The molecule has 1 amide bonds. The average Bonchev–Trinajstić information content (AvgIpc) is 2.67. The van der Waals surface area contributed by atoms with Gasteiger partial charge < -0.3 is 14.6 Å². The highest BCUT2D eigenvalue weighted by Crippen LogP contribution is 2.38. The molecule has 0 bridgehead atoms. The zero-order chi connectivity index (χ0) is 15.7. The van der Waals surface area contributed by atoms with E-state index in [4.69, 9.17) is 9.47 Å². The minimum absolute atomic E-state index is 0.232. The third-order valence-corrected chi connectivity index (χ3v) is 3.68. The number of amides is 1. The predicted molar refractivity (Wildman–Crippen MR) is 73.6 cm³/mol. The van der Waals surface area contributed by atoms with Crippen LogP contribution in [0.3, 0.4) is 0 Å². The monoisotopic (exact) mass is 287 g/mol. The minimum Gasteiger partial charge on any atom is -0.479 e. The lowest BCUT2D eigenvalue weighted by atomic mass is 9.83. The van der Waals surface area contributed by atoms with E-state index in [1.54, 1.807) is 34.6 Å². The Bertz CT molecular complexity index is 388. The summed E-state index contributed by atoms with van der Waals surface area (Å²) in [6.07, 6.45) is -0.621. The highest BCUT2D eigenvalue weighted by atomic mass is 16.6. The number of carboxylic acids is 1. The standard InChI is InChI=1S/C14H25NO5/c1-9(2)14(11(16)17)7-10(19-6)8-15(14)12(18)20-13(3,4)5/h9-10H,7-8H2,1-6H3,(H,16,17). The molecule has 2 unspecified atom stereocenters. The predicted octanol–water partition coefficient (Wildman–Crippen LogP) is 2.12. The Morgan fingerprint density at radius 3 is 2.25 bits per heavy atom. The first-order valence-corrected chi connectivity index (χ1v) is 6.81. The number of carboxylic acid groups (broad SMARTS) is 1. The van der Waals surface area contributed by atoms with Gasteiger partial charge in [-0.1, -0.05) is 13.8 Å². The number of methoxy groups -OCH3 is 1. The summed E-state index contributed by atoms with van der Waals surface area (Å²) in [6.45, 7) is 9.09. The fourth-order valence-corrected chi connectivity index (χ4v) is 2.60. The van der Waals surface area contributed by atoms with Gasteiger partial charge in [-0.15, -0.1) is 0 Å². The second kappa shape index (κ2) is 5.60. The van der Waals surface area contributed by atoms with Crippen LogP contribution in [0.2, 0.25) is 0 Å². The normalized spacial score (nSPS) is 26.9. The first-order chi connectivity index (χ1) is 9.04. The molecule has 20 heavy (non-hydrogen) atoms. The first kappa shape index (κ1) is 16.8. The van der Waals surface area contributed by atoms with Crippen molar-refractivity contribution in [3.05, 3.63) is 0 Å². The minimum atomic E-state index is -1.27. The summed E-state index contributed by atoms with van der Waals surface area (Å²) in [4.78, 5) is 25.4. The zero-order valence-corrected chi connectivity index (χ0v) is 13.1. The molecule has 1 saturated heterocycles. The molecular formula is C14H25NO5. The smallest absolute Gasteiger partial charge is 0.411 e. The van der Waals surface area contributed by atoms with Crippen molar-refractivity contribution in [2.24, 2.45) is 5.92 Å². The Morgan fingerprint density at radius 2 is 1.90 bits per heavy atom. The van der Waals surface area contributed by atoms with Crippen LogP contribution in [0.4, 0.5) is 4.79 Å². The molecule has 1 aliphatic heterocycles. The molecule has 0 saturated carbocycles. The Morgan fingerprint density at radius 1 is 1.35 bits per heavy atom. The van der Waals surface area contributed by atoms with Crippen LogP contribution in [0.25, 0.3) is 0 Å². The molecule has 6 heteroatoms. The maximum Gasteiger partial charge on any atom is 0.411 e. The maximum absolute atomic E-state index is 12.3. The Balaban J connectivity index is 3.12. The fraction of sp³-hybridized carbons (Fsp3) is 0.857. The van der Waals surface area contributed by atoms with Crippen LogP contribution in [-0.2, 0) is 14.3 Å². The Labute approximate surface area is 120 Å². The van der Waals surface area contributed by atoms with Gasteiger partial charge in [0.05, 0.1) is 12.6 Å². The number of nitrogens with zero attached hydrogens (tertiary/aromatic N) is 1. The largest absolute Gasteiger partial charge is 0.479 e. The molecule has 116 valence electrons. The van der Waals surface area contributed by atoms with Crippen LogP contribution in [0.5, 0.6) is 0 Å². The molecule has 1 N–H and O–H groups in total. The molecule has 0 aromatic rings. The number of carbonyl (C=O) groups is 2. The summed E-state index contributed by atoms with van der Waals surface area (Å²) < 4.78 is 10.6. The molecule has 1 heterocycles. The van der Waals surface area contributed by atoms with E-state index < -0.39 is 23.2 Å². The average molecular weight is 287 g/mol. The van der Waals surface area contributed by atoms with E-state index in [0.29, 0.717) is 0 Å². The van der Waals surface area contributed by atoms with Gasteiger partial charge in [-0.25, -0.2) is 9.59 Å². The summed E-state index contributed by atoms with van der Waals surface area (Å²) in [7, 11) is 1.52. The van der Waals surface area contributed by atoms with Crippen molar-refractivity contribution in [2.75, 3.05) is 13.7 Å². The van der Waals surface area contributed by atoms with Crippen molar-refractivity contribution in [3.8, 4) is 0 Å². The molecule has 1 rings (SSSR count). The number of ether oxygens (including phenoxy) is 2. The van der Waals surface area contributed by atoms with Crippen molar-refractivity contribution in [1.29, 1.82) is 0 Å². The Hall–Kier alpha value is -1.30. The van der Waals surface area contributed by atoms with Gasteiger partial charge in [0.2, 0.25) is 0 Å². The topological polar surface area (TPSA) is 76.1 Å². The lowest BCUT2D eigenvalue weighted by Crippen LogP contribution is -2.57. The third-order valence-electron chi connectivity index (χ3n) is 3.68. The van der Waals surface area contributed by atoms with Gasteiger partial charge in [-0.3, -0.25) is 4.90 Å². The van der Waals surface area contributed by atoms with Gasteiger partial charge in [0.25, 0.3) is 0 Å². The van der Waals surface area contributed by atoms with Crippen molar-refractivity contribution in [3.63, 3.8) is 0 Å². The molecule has 1 aliphatic rings. The number of hydrogen-bond donors (Lipinski definition) is 1. The van der Waals surface area contributed by atoms with Crippen LogP contribution >= 0.6 is 0 Å². The molecule has 1 fully saturated rings. The summed E-state index contributed by atoms with van der Waals surface area (Å²) >= 11 is 0. The molecule has 0 radical (unpaired) electrons. The Kier molecular flexibility index (Phi) is 4.69. The quantitative estimate of drug-likeness (QED) is 0.860. The SMILES string of the molecule is COC1CN(C(=O)OC(C)(C)C)C(C(=O)O)(C(C)C)C1. The van der Waals surface area contributed by atoms with Crippen molar-refractivity contribution >= 4 is 12.1 Å². The van der Waals surface area contributed by atoms with E-state index in [2.05, 4.69) is 0 Å². The molecule has 0 spiro atoms. The number of aliphatic carboxylic acids is 1. The lowest BCUT2D eigenvalue weighted by Gasteiger charge is -2.38. The van der Waals surface area contributed by atoms with Crippen LogP contribution in [0.1, 0.15) is 41.0 Å². The van der Waals surface area contributed by atoms with E-state index in [1.165, 1.54) is 12.0 Å². The van der Waals surface area contributed by atoms with Crippen LogP contribution < -0.4 is 0 Å². The third kappa shape index (κ3) is 3.06. The first-order valence-electron chi connectivity index (χ1n) is 6.81. The van der Waals surface area contributed by atoms with Crippen LogP contribution in [-0.4, -0.2) is 53.0 Å². The zero-order valence-electron chi connectivity index (χ0n) is 13.1. The van der Waals surface area contributed by atoms with E-state index >= 15 is 0 Å². The van der Waals surface area contributed by atoms with Crippen molar-refractivity contribution in [1.82, 2.24) is 4.90 Å². The van der Waals surface area contributed by atoms with Gasteiger partial charge in [-0.05, 0) is 26.7 Å². The van der Waals surface area contributed by atoms with Crippen molar-refractivity contribution in [2.45, 2.75) is 58.3 Å². The summed E-state index contributed by atoms with van der Waals surface area (Å²) in [5.41, 5.74) is -1.94. The number of likely N-dealkylation sites (tertiary alicyclic amines) is 1. The summed E-state index contributed by atoms with van der Waals surface area (Å²) in [6, 6.07) is 0. The highest BCUT2D eigenvalue weighted by Gasteiger charge is 2.56. The van der Waals surface area contributed by atoms with Crippen LogP contribution in [0, 0.1) is 5.92 Å². The molecule has 0 aromatic carbocycles. The maximum atomic E-state index is 12.3. The van der Waals surface area contributed by atoms with Gasteiger partial charge >= 0.3 is 12.1 Å². The van der Waals surface area contributed by atoms with Crippen LogP contribution in [0.15, 0.2) is 0 Å². The molecular weight excluding hydrogens is 262 g/mol. The lowest BCUT2D eigenvalue weighted by molar-refractivity contribution is -0.152. The summed E-state index contributed by atoms with van der Waals surface area (Å²) in [5.74, 6) is -1.26. The number of rotatable bonds is 3. The summed E-state index contributed by atoms with van der Waals surface area (Å²) in [5, 5.41) is 9.66. The molecule has 0 aromatic heterocycles. The molecule has 0 aliphatic carbocycles. The second-order valence-electron chi connectivity index (χ2n) is 6.54. The van der Waals surface area contributed by atoms with E-state index in [9.17, 15) is 14.7 Å². The van der Waals surface area contributed by atoms with Crippen molar-refractivity contribution < 1.29 is 24.2 Å². The van der Waals surface area contributed by atoms with Gasteiger partial charge in [0.1, 0.15) is 11.1 Å². The van der Waals surface area contributed by atoms with E-state index in [-0.39, 0.29) is 25.0 Å². The molecule has 6 nitrogen and oxygen atoms in total. The highest BCUT2D eigenvalue weighted by molar-refractivity contribution is 5.85. The van der Waals surface area contributed by atoms with E-state index in [1.807, 2.05) is 0 Å². The fourth-order valence-electron chi connectivity index (χ4n) is 2.60. The van der Waals surface area contributed by atoms with Gasteiger partial charge in [-0.2, -0.15) is 0 Å². The van der Waals surface area contributed by atoms with Gasteiger partial charge in [0.15, 0.2) is 0 Å². The number of carbonyl (C=O) groups excluding carboxylic acids is 1. The molecule has 2 atom stereocenters. The number of hydrogen-bond acceptors (Lipinski definition) is 4.